The van der Waals surface area contributed by atoms with Gasteiger partial charge in [0.25, 0.3) is 5.91 Å². The number of hydrogen-bond donors (Lipinski definition) is 1. The molecule has 1 amide bonds. The molecule has 0 bridgehead atoms. The Bertz CT molecular complexity index is 725. The minimum atomic E-state index is -0.317. The van der Waals surface area contributed by atoms with E-state index in [1.54, 1.807) is 42.1 Å². The van der Waals surface area contributed by atoms with Crippen LogP contribution in [0.25, 0.3) is 6.08 Å². The van der Waals surface area contributed by atoms with Crippen molar-refractivity contribution < 1.29 is 9.18 Å². The van der Waals surface area contributed by atoms with Gasteiger partial charge in [-0.15, -0.1) is 0 Å². The maximum absolute atomic E-state index is 12.8. The number of nitriles is 1. The summed E-state index contributed by atoms with van der Waals surface area (Å²) in [7, 11) is 0. The van der Waals surface area contributed by atoms with Gasteiger partial charge in [0.15, 0.2) is 5.82 Å². The summed E-state index contributed by atoms with van der Waals surface area (Å²) in [5.41, 5.74) is 1.23. The average molecular weight is 298 g/mol. The Kier molecular flexibility index (Phi) is 5.04. The molecule has 1 N–H and O–H groups in total. The zero-order valence-electron chi connectivity index (χ0n) is 12.1. The zero-order valence-corrected chi connectivity index (χ0v) is 12.1. The van der Waals surface area contributed by atoms with Crippen LogP contribution in [0, 0.1) is 17.1 Å². The fourth-order valence-corrected chi connectivity index (χ4v) is 1.81. The van der Waals surface area contributed by atoms with Crippen LogP contribution in [0.2, 0.25) is 0 Å². The van der Waals surface area contributed by atoms with Crippen molar-refractivity contribution in [3.63, 3.8) is 0 Å². The summed E-state index contributed by atoms with van der Waals surface area (Å²) in [6.45, 7) is 2.15. The second-order valence-electron chi connectivity index (χ2n) is 4.71. The molecule has 0 saturated carbocycles. The van der Waals surface area contributed by atoms with E-state index < -0.39 is 0 Å². The van der Waals surface area contributed by atoms with Gasteiger partial charge in [0.2, 0.25) is 0 Å². The lowest BCUT2D eigenvalue weighted by atomic mass is 10.1. The quantitative estimate of drug-likeness (QED) is 0.863. The van der Waals surface area contributed by atoms with E-state index in [9.17, 15) is 9.18 Å². The molecule has 0 atom stereocenters. The van der Waals surface area contributed by atoms with Gasteiger partial charge in [-0.05, 0) is 30.7 Å². The summed E-state index contributed by atoms with van der Waals surface area (Å²) in [6, 6.07) is 9.58. The molecule has 0 fully saturated rings. The number of carbonyl (C=O) groups is 1. The largest absolute Gasteiger partial charge is 0.305 e. The number of aromatic nitrogens is 2. The Morgan fingerprint density at radius 1 is 1.41 bits per heavy atom. The van der Waals surface area contributed by atoms with Gasteiger partial charge < -0.3 is 5.32 Å². The molecule has 0 saturated heterocycles. The Morgan fingerprint density at radius 2 is 2.14 bits per heavy atom. The van der Waals surface area contributed by atoms with Crippen molar-refractivity contribution in [1.29, 1.82) is 5.26 Å². The number of hydrogen-bond acceptors (Lipinski definition) is 3. The zero-order chi connectivity index (χ0) is 15.9. The molecule has 6 heteroatoms. The molecule has 0 aliphatic rings. The van der Waals surface area contributed by atoms with E-state index in [1.807, 2.05) is 6.07 Å². The molecule has 5 nitrogen and oxygen atoms in total. The predicted octanol–water partition coefficient (Wildman–Crippen LogP) is 2.98. The molecule has 0 spiro atoms. The lowest BCUT2D eigenvalue weighted by molar-refractivity contribution is -0.112. The van der Waals surface area contributed by atoms with Crippen LogP contribution in [0.4, 0.5) is 10.2 Å². The molecule has 2 aromatic rings. The van der Waals surface area contributed by atoms with Crippen molar-refractivity contribution >= 4 is 17.8 Å². The highest BCUT2D eigenvalue weighted by Crippen LogP contribution is 2.10. The van der Waals surface area contributed by atoms with Gasteiger partial charge in [-0.1, -0.05) is 12.1 Å². The summed E-state index contributed by atoms with van der Waals surface area (Å²) < 4.78 is 14.4. The van der Waals surface area contributed by atoms with Gasteiger partial charge in [-0.3, -0.25) is 9.48 Å². The van der Waals surface area contributed by atoms with Gasteiger partial charge in [-0.2, -0.15) is 10.4 Å². The summed E-state index contributed by atoms with van der Waals surface area (Å²) in [5, 5.41) is 15.3. The van der Waals surface area contributed by atoms with Crippen molar-refractivity contribution in [2.24, 2.45) is 0 Å². The Hall–Kier alpha value is -2.94. The van der Waals surface area contributed by atoms with Gasteiger partial charge in [0, 0.05) is 17.8 Å². The van der Waals surface area contributed by atoms with Gasteiger partial charge in [0.05, 0.1) is 19.0 Å². The molecule has 1 aromatic heterocycles. The molecule has 0 radical (unpaired) electrons. The fourth-order valence-electron chi connectivity index (χ4n) is 1.81. The van der Waals surface area contributed by atoms with E-state index in [1.165, 1.54) is 12.1 Å². The normalized spacial score (nSPS) is 11.0. The second-order valence-corrected chi connectivity index (χ2v) is 4.71. The number of nitrogens with zero attached hydrogens (tertiary/aromatic N) is 3. The maximum atomic E-state index is 12.8. The van der Waals surface area contributed by atoms with E-state index in [0.717, 1.165) is 5.56 Å². The molecule has 112 valence electrons. The van der Waals surface area contributed by atoms with Crippen molar-refractivity contribution in [3.8, 4) is 6.07 Å². The van der Waals surface area contributed by atoms with Crippen LogP contribution >= 0.6 is 0 Å². The molecular weight excluding hydrogens is 283 g/mol. The predicted molar refractivity (Wildman–Crippen MR) is 81.1 cm³/mol. The lowest BCUT2D eigenvalue weighted by Gasteiger charge is -2.03. The minimum Gasteiger partial charge on any atom is -0.305 e. The third kappa shape index (κ3) is 4.28. The monoisotopic (exact) mass is 298 g/mol. The first-order valence-corrected chi connectivity index (χ1v) is 6.74. The Balaban J connectivity index is 2.00. The summed E-state index contributed by atoms with van der Waals surface area (Å²) in [4.78, 5) is 12.1. The van der Waals surface area contributed by atoms with E-state index in [-0.39, 0.29) is 11.7 Å². The topological polar surface area (TPSA) is 70.7 Å². The lowest BCUT2D eigenvalue weighted by Crippen LogP contribution is -2.13. The van der Waals surface area contributed by atoms with E-state index in [4.69, 9.17) is 5.26 Å². The standard InChI is InChI=1S/C16H15FN4O/c1-12(11-13-3-5-14(17)6-4-13)16(22)19-15-7-10-21(20-15)9-2-8-18/h3-7,10-11H,2,9H2,1H3,(H,19,20,22). The van der Waals surface area contributed by atoms with Crippen LogP contribution in [0.15, 0.2) is 42.1 Å². The van der Waals surface area contributed by atoms with Crippen molar-refractivity contribution in [3.05, 3.63) is 53.5 Å². The first-order chi connectivity index (χ1) is 10.6. The van der Waals surface area contributed by atoms with E-state index in [0.29, 0.717) is 24.4 Å². The number of carbonyl (C=O) groups excluding carboxylic acids is 1. The van der Waals surface area contributed by atoms with Crippen molar-refractivity contribution in [2.75, 3.05) is 5.32 Å². The van der Waals surface area contributed by atoms with Crippen LogP contribution < -0.4 is 5.32 Å². The summed E-state index contributed by atoms with van der Waals surface area (Å²) >= 11 is 0. The third-order valence-electron chi connectivity index (χ3n) is 2.95. The van der Waals surface area contributed by atoms with Crippen LogP contribution in [-0.2, 0) is 11.3 Å². The van der Waals surface area contributed by atoms with Crippen molar-refractivity contribution in [1.82, 2.24) is 9.78 Å². The summed E-state index contributed by atoms with van der Waals surface area (Å²) in [6.07, 6.45) is 3.73. The smallest absolute Gasteiger partial charge is 0.252 e. The fraction of sp³-hybridized carbons (Fsp3) is 0.188. The third-order valence-corrected chi connectivity index (χ3v) is 2.95. The molecule has 1 aromatic carbocycles. The Morgan fingerprint density at radius 3 is 2.82 bits per heavy atom. The second kappa shape index (κ2) is 7.18. The van der Waals surface area contributed by atoms with Gasteiger partial charge in [0.1, 0.15) is 5.82 Å². The number of amides is 1. The van der Waals surface area contributed by atoms with Crippen LogP contribution in [-0.4, -0.2) is 15.7 Å². The molecule has 1 heterocycles. The number of benzene rings is 1. The van der Waals surface area contributed by atoms with E-state index >= 15 is 0 Å². The molecular formula is C16H15FN4O. The first-order valence-electron chi connectivity index (χ1n) is 6.74. The van der Waals surface area contributed by atoms with Gasteiger partial charge in [-0.25, -0.2) is 4.39 Å². The number of nitrogens with one attached hydrogen (secondary N) is 1. The average Bonchev–Trinajstić information content (AvgIpc) is 2.95. The number of rotatable bonds is 5. The number of aryl methyl sites for hydroxylation is 1. The molecule has 0 unspecified atom stereocenters. The first kappa shape index (κ1) is 15.4. The molecule has 0 aliphatic heterocycles. The molecule has 0 aliphatic carbocycles. The van der Waals surface area contributed by atoms with Crippen LogP contribution in [0.1, 0.15) is 18.9 Å². The molecule has 2 rings (SSSR count). The van der Waals surface area contributed by atoms with E-state index in [2.05, 4.69) is 10.4 Å². The van der Waals surface area contributed by atoms with Crippen LogP contribution in [0.3, 0.4) is 0 Å². The number of halogens is 1. The Labute approximate surface area is 127 Å². The summed E-state index contributed by atoms with van der Waals surface area (Å²) in [5.74, 6) is -0.174. The van der Waals surface area contributed by atoms with Gasteiger partial charge >= 0.3 is 0 Å². The minimum absolute atomic E-state index is 0.283. The van der Waals surface area contributed by atoms with Crippen LogP contribution in [0.5, 0.6) is 0 Å². The highest BCUT2D eigenvalue weighted by Gasteiger charge is 2.07. The SMILES string of the molecule is CC(=Cc1ccc(F)cc1)C(=O)Nc1ccn(CCC#N)n1. The highest BCUT2D eigenvalue weighted by molar-refractivity contribution is 6.05. The van der Waals surface area contributed by atoms with Crippen molar-refractivity contribution in [2.45, 2.75) is 19.9 Å². The number of anilines is 1. The maximum Gasteiger partial charge on any atom is 0.252 e. The molecule has 22 heavy (non-hydrogen) atoms. The highest BCUT2D eigenvalue weighted by atomic mass is 19.1.